The molecule has 1 aliphatic heterocycles. The van der Waals surface area contributed by atoms with Crippen LogP contribution < -0.4 is 5.46 Å². The van der Waals surface area contributed by atoms with E-state index in [1.165, 1.54) is 7.11 Å². The summed E-state index contributed by atoms with van der Waals surface area (Å²) < 4.78 is 18.9. The lowest BCUT2D eigenvalue weighted by molar-refractivity contribution is -0.142. The highest BCUT2D eigenvalue weighted by Crippen LogP contribution is 2.36. The Labute approximate surface area is 148 Å². The first-order chi connectivity index (χ1) is 11.6. The molecule has 25 heavy (non-hydrogen) atoms. The van der Waals surface area contributed by atoms with E-state index in [1.807, 2.05) is 52.9 Å². The van der Waals surface area contributed by atoms with Crippen molar-refractivity contribution < 1.29 is 18.8 Å². The lowest BCUT2D eigenvalue weighted by Gasteiger charge is -2.32. The predicted molar refractivity (Wildman–Crippen MR) is 96.9 cm³/mol. The smallest absolute Gasteiger partial charge is 0.469 e. The summed E-state index contributed by atoms with van der Waals surface area (Å²) in [6.45, 7) is 9.91. The Balaban J connectivity index is 2.04. The van der Waals surface area contributed by atoms with E-state index in [4.69, 9.17) is 14.0 Å². The average molecular weight is 344 g/mol. The van der Waals surface area contributed by atoms with Gasteiger partial charge in [-0.3, -0.25) is 9.48 Å². The van der Waals surface area contributed by atoms with Gasteiger partial charge in [0.1, 0.15) is 0 Å². The molecule has 1 aromatic heterocycles. The molecule has 6 nitrogen and oxygen atoms in total. The molecule has 1 fully saturated rings. The second-order valence-electron chi connectivity index (χ2n) is 7.62. The molecule has 1 saturated heterocycles. The maximum atomic E-state index is 12.0. The van der Waals surface area contributed by atoms with Crippen molar-refractivity contribution in [3.05, 3.63) is 23.9 Å². The number of hydrogen-bond donors (Lipinski definition) is 0. The van der Waals surface area contributed by atoms with Crippen molar-refractivity contribution in [3.63, 3.8) is 0 Å². The van der Waals surface area contributed by atoms with E-state index in [0.717, 1.165) is 16.4 Å². The molecule has 0 N–H and O–H groups in total. The number of carbonyl (C=O) groups is 1. The van der Waals surface area contributed by atoms with Gasteiger partial charge in [0, 0.05) is 12.4 Å². The fraction of sp³-hybridized carbons (Fsp3) is 0.556. The molecule has 0 spiro atoms. The van der Waals surface area contributed by atoms with Gasteiger partial charge >= 0.3 is 13.1 Å². The highest BCUT2D eigenvalue weighted by molar-refractivity contribution is 6.62. The summed E-state index contributed by atoms with van der Waals surface area (Å²) in [4.78, 5) is 12.0. The number of fused-ring (bicyclic) bond motifs is 1. The van der Waals surface area contributed by atoms with E-state index in [-0.39, 0.29) is 5.97 Å². The van der Waals surface area contributed by atoms with Crippen molar-refractivity contribution in [2.24, 2.45) is 7.05 Å². The first kappa shape index (κ1) is 18.0. The van der Waals surface area contributed by atoms with Crippen molar-refractivity contribution in [3.8, 4) is 0 Å². The molecule has 0 bridgehead atoms. The molecule has 1 unspecified atom stereocenters. The first-order valence-corrected chi connectivity index (χ1v) is 8.47. The van der Waals surface area contributed by atoms with Crippen LogP contribution in [0, 0.1) is 0 Å². The van der Waals surface area contributed by atoms with Crippen LogP contribution in [0.5, 0.6) is 0 Å². The van der Waals surface area contributed by atoms with Crippen molar-refractivity contribution in [2.75, 3.05) is 7.11 Å². The van der Waals surface area contributed by atoms with Gasteiger partial charge in [0.25, 0.3) is 0 Å². The molecule has 1 aliphatic rings. The van der Waals surface area contributed by atoms with E-state index in [1.54, 1.807) is 11.6 Å². The topological polar surface area (TPSA) is 62.6 Å². The number of benzene rings is 1. The minimum atomic E-state index is -0.448. The van der Waals surface area contributed by atoms with Crippen LogP contribution in [0.1, 0.15) is 46.2 Å². The summed E-state index contributed by atoms with van der Waals surface area (Å²) in [6.07, 6.45) is 0. The van der Waals surface area contributed by atoms with Crippen LogP contribution in [0.25, 0.3) is 10.9 Å². The molecule has 7 heteroatoms. The molecule has 0 saturated carbocycles. The number of aromatic nitrogens is 2. The molecule has 1 atom stereocenters. The van der Waals surface area contributed by atoms with E-state index >= 15 is 0 Å². The van der Waals surface area contributed by atoms with Crippen molar-refractivity contribution >= 4 is 29.5 Å². The number of aryl methyl sites for hydroxylation is 1. The average Bonchev–Trinajstić information content (AvgIpc) is 2.99. The highest BCUT2D eigenvalue weighted by Gasteiger charge is 2.51. The van der Waals surface area contributed by atoms with Gasteiger partial charge in [0.05, 0.1) is 35.4 Å². The molecule has 134 valence electrons. The van der Waals surface area contributed by atoms with Gasteiger partial charge in [0.2, 0.25) is 0 Å². The maximum Gasteiger partial charge on any atom is 0.494 e. The maximum absolute atomic E-state index is 12.0. The molecular formula is C18H25BN2O4. The molecule has 0 amide bonds. The number of esters is 1. The molecule has 2 heterocycles. The molecule has 2 aromatic rings. The van der Waals surface area contributed by atoms with Crippen LogP contribution in [0.4, 0.5) is 0 Å². The molecular weight excluding hydrogens is 319 g/mol. The molecule has 3 rings (SSSR count). The number of nitrogens with zero attached hydrogens (tertiary/aromatic N) is 2. The van der Waals surface area contributed by atoms with Crippen LogP contribution in [-0.4, -0.2) is 41.2 Å². The van der Waals surface area contributed by atoms with Crippen LogP contribution >= 0.6 is 0 Å². The quantitative estimate of drug-likeness (QED) is 0.631. The Hall–Kier alpha value is -1.86. The second kappa shape index (κ2) is 5.85. The highest BCUT2D eigenvalue weighted by atomic mass is 16.7. The minimum Gasteiger partial charge on any atom is -0.469 e. The fourth-order valence-corrected chi connectivity index (χ4v) is 3.04. The van der Waals surface area contributed by atoms with Crippen LogP contribution in [0.15, 0.2) is 18.2 Å². The molecule has 1 aromatic carbocycles. The van der Waals surface area contributed by atoms with Crippen LogP contribution in [-0.2, 0) is 25.9 Å². The Bertz CT molecular complexity index is 812. The van der Waals surface area contributed by atoms with E-state index in [0.29, 0.717) is 5.69 Å². The number of rotatable bonds is 3. The SMILES string of the molecule is COC(=O)C(C)c1nn(C)c2ccc(B3OC(C)(C)C(C)(C)O3)cc12. The third-order valence-electron chi connectivity index (χ3n) is 5.39. The van der Waals surface area contributed by atoms with Crippen LogP contribution in [0.3, 0.4) is 0 Å². The van der Waals surface area contributed by atoms with Gasteiger partial charge in [-0.05, 0) is 46.1 Å². The van der Waals surface area contributed by atoms with Gasteiger partial charge < -0.3 is 14.0 Å². The van der Waals surface area contributed by atoms with E-state index in [2.05, 4.69) is 5.10 Å². The summed E-state index contributed by atoms with van der Waals surface area (Å²) in [5, 5.41) is 5.43. The van der Waals surface area contributed by atoms with Crippen molar-refractivity contribution in [1.82, 2.24) is 9.78 Å². The monoisotopic (exact) mass is 344 g/mol. The van der Waals surface area contributed by atoms with E-state index in [9.17, 15) is 4.79 Å². The van der Waals surface area contributed by atoms with Crippen molar-refractivity contribution in [2.45, 2.75) is 51.7 Å². The number of carbonyl (C=O) groups excluding carboxylic acids is 1. The second-order valence-corrected chi connectivity index (χ2v) is 7.62. The Morgan fingerprint density at radius 1 is 1.24 bits per heavy atom. The zero-order valence-electron chi connectivity index (χ0n) is 15.9. The van der Waals surface area contributed by atoms with Gasteiger partial charge in [-0.25, -0.2) is 0 Å². The van der Waals surface area contributed by atoms with Gasteiger partial charge in [-0.1, -0.05) is 12.1 Å². The zero-order valence-corrected chi connectivity index (χ0v) is 15.9. The summed E-state index contributed by atoms with van der Waals surface area (Å²) in [7, 11) is 2.81. The number of methoxy groups -OCH3 is 1. The Morgan fingerprint density at radius 2 is 1.84 bits per heavy atom. The lowest BCUT2D eigenvalue weighted by Crippen LogP contribution is -2.41. The summed E-state index contributed by atoms with van der Waals surface area (Å²) in [5.41, 5.74) is 1.76. The normalized spacial score (nSPS) is 20.0. The first-order valence-electron chi connectivity index (χ1n) is 8.47. The Kier molecular flexibility index (Phi) is 4.20. The van der Waals surface area contributed by atoms with E-state index < -0.39 is 24.2 Å². The summed E-state index contributed by atoms with van der Waals surface area (Å²) in [5.74, 6) is -0.747. The Morgan fingerprint density at radius 3 is 2.40 bits per heavy atom. The number of ether oxygens (including phenoxy) is 1. The number of hydrogen-bond acceptors (Lipinski definition) is 5. The summed E-state index contributed by atoms with van der Waals surface area (Å²) >= 11 is 0. The lowest BCUT2D eigenvalue weighted by atomic mass is 9.78. The molecule has 0 radical (unpaired) electrons. The zero-order chi connectivity index (χ0) is 18.6. The minimum absolute atomic E-state index is 0.305. The molecule has 0 aliphatic carbocycles. The van der Waals surface area contributed by atoms with Gasteiger partial charge in [0.15, 0.2) is 0 Å². The predicted octanol–water partition coefficient (Wildman–Crippen LogP) is 2.15. The summed E-state index contributed by atoms with van der Waals surface area (Å²) in [6, 6.07) is 5.97. The third kappa shape index (κ3) is 2.85. The fourth-order valence-electron chi connectivity index (χ4n) is 3.04. The van der Waals surface area contributed by atoms with Gasteiger partial charge in [-0.15, -0.1) is 0 Å². The largest absolute Gasteiger partial charge is 0.494 e. The standard InChI is InChI=1S/C18H25BN2O4/c1-11(16(22)23-7)15-13-10-12(8-9-14(13)21(6)20-15)19-24-17(2,3)18(4,5)25-19/h8-11H,1-7H3. The van der Waals surface area contributed by atoms with Gasteiger partial charge in [-0.2, -0.15) is 5.10 Å². The third-order valence-corrected chi connectivity index (χ3v) is 5.39. The van der Waals surface area contributed by atoms with Crippen molar-refractivity contribution in [1.29, 1.82) is 0 Å². The van der Waals surface area contributed by atoms with Crippen LogP contribution in [0.2, 0.25) is 0 Å².